The Morgan fingerprint density at radius 3 is 2.70 bits per heavy atom. The third kappa shape index (κ3) is 3.07. The molecule has 0 aliphatic carbocycles. The van der Waals surface area contributed by atoms with E-state index in [-0.39, 0.29) is 5.97 Å². The molecule has 4 heteroatoms. The number of ether oxygens (including phenoxy) is 1. The summed E-state index contributed by atoms with van der Waals surface area (Å²) in [7, 11) is 0. The predicted octanol–water partition coefficient (Wildman–Crippen LogP) is 3.08. The van der Waals surface area contributed by atoms with E-state index in [2.05, 4.69) is 11.4 Å². The number of nitrogens with zero attached hydrogens (tertiary/aromatic N) is 1. The van der Waals surface area contributed by atoms with Crippen LogP contribution in [0.2, 0.25) is 0 Å². The van der Waals surface area contributed by atoms with Gasteiger partial charge in [0.25, 0.3) is 0 Å². The van der Waals surface area contributed by atoms with E-state index in [0.29, 0.717) is 25.1 Å². The fourth-order valence-corrected chi connectivity index (χ4v) is 2.08. The van der Waals surface area contributed by atoms with Crippen LogP contribution in [0.25, 0.3) is 10.8 Å². The zero-order chi connectivity index (χ0) is 14.4. The Labute approximate surface area is 118 Å². The summed E-state index contributed by atoms with van der Waals surface area (Å²) in [6.45, 7) is 2.70. The van der Waals surface area contributed by atoms with Gasteiger partial charge in [-0.05, 0) is 19.1 Å². The van der Waals surface area contributed by atoms with E-state index >= 15 is 0 Å². The van der Waals surface area contributed by atoms with Crippen molar-refractivity contribution in [2.24, 2.45) is 0 Å². The van der Waals surface area contributed by atoms with Crippen LogP contribution in [-0.4, -0.2) is 19.1 Å². The molecule has 0 spiro atoms. The summed E-state index contributed by atoms with van der Waals surface area (Å²) in [5, 5.41) is 14.2. The maximum atomic E-state index is 11.3. The van der Waals surface area contributed by atoms with E-state index in [0.717, 1.165) is 16.5 Å². The number of hydrogen-bond acceptors (Lipinski definition) is 4. The smallest absolute Gasteiger partial charge is 0.307 e. The molecule has 102 valence electrons. The maximum absolute atomic E-state index is 11.3. The molecule has 4 nitrogen and oxygen atoms in total. The van der Waals surface area contributed by atoms with Crippen LogP contribution in [0, 0.1) is 11.3 Å². The van der Waals surface area contributed by atoms with Crippen LogP contribution in [0.3, 0.4) is 0 Å². The largest absolute Gasteiger partial charge is 0.466 e. The molecule has 0 saturated carbocycles. The van der Waals surface area contributed by atoms with E-state index in [1.165, 1.54) is 0 Å². The minimum Gasteiger partial charge on any atom is -0.466 e. The van der Waals surface area contributed by atoms with Crippen LogP contribution in [0.1, 0.15) is 18.9 Å². The molecule has 0 aliphatic heterocycles. The number of carbonyl (C=O) groups is 1. The van der Waals surface area contributed by atoms with Crippen molar-refractivity contribution in [1.29, 1.82) is 5.26 Å². The minimum absolute atomic E-state index is 0.210. The van der Waals surface area contributed by atoms with Crippen LogP contribution in [0.15, 0.2) is 36.4 Å². The number of carbonyl (C=O) groups excluding carboxylic acids is 1. The zero-order valence-corrected chi connectivity index (χ0v) is 11.3. The van der Waals surface area contributed by atoms with Gasteiger partial charge in [-0.3, -0.25) is 4.79 Å². The molecule has 0 unspecified atom stereocenters. The van der Waals surface area contributed by atoms with Crippen LogP contribution in [0.5, 0.6) is 0 Å². The third-order valence-corrected chi connectivity index (χ3v) is 2.99. The average molecular weight is 268 g/mol. The highest BCUT2D eigenvalue weighted by Crippen LogP contribution is 2.26. The van der Waals surface area contributed by atoms with Crippen molar-refractivity contribution < 1.29 is 9.53 Å². The molecule has 0 aliphatic rings. The summed E-state index contributed by atoms with van der Waals surface area (Å²) in [5.74, 6) is -0.210. The lowest BCUT2D eigenvalue weighted by atomic mass is 10.0. The first-order valence-electron chi connectivity index (χ1n) is 6.57. The lowest BCUT2D eigenvalue weighted by Gasteiger charge is -2.10. The molecule has 0 atom stereocenters. The first kappa shape index (κ1) is 13.9. The SMILES string of the molecule is CCOC(=O)CCNc1ccc(C#N)c2ccccc12. The highest BCUT2D eigenvalue weighted by molar-refractivity contribution is 5.97. The molecule has 0 aromatic heterocycles. The Morgan fingerprint density at radius 2 is 2.00 bits per heavy atom. The Hall–Kier alpha value is -2.54. The topological polar surface area (TPSA) is 62.1 Å². The molecule has 0 bridgehead atoms. The number of anilines is 1. The fourth-order valence-electron chi connectivity index (χ4n) is 2.08. The highest BCUT2D eigenvalue weighted by Gasteiger charge is 2.06. The van der Waals surface area contributed by atoms with Crippen LogP contribution in [-0.2, 0) is 9.53 Å². The van der Waals surface area contributed by atoms with Crippen molar-refractivity contribution in [3.8, 4) is 6.07 Å². The lowest BCUT2D eigenvalue weighted by molar-refractivity contribution is -0.142. The maximum Gasteiger partial charge on any atom is 0.307 e. The van der Waals surface area contributed by atoms with Crippen LogP contribution < -0.4 is 5.32 Å². The van der Waals surface area contributed by atoms with Crippen LogP contribution in [0.4, 0.5) is 5.69 Å². The second-order valence-electron chi connectivity index (χ2n) is 4.30. The summed E-state index contributed by atoms with van der Waals surface area (Å²) >= 11 is 0. The molecule has 2 aromatic rings. The molecule has 0 saturated heterocycles. The van der Waals surface area contributed by atoms with Crippen molar-refractivity contribution in [2.45, 2.75) is 13.3 Å². The molecule has 0 fully saturated rings. The lowest BCUT2D eigenvalue weighted by Crippen LogP contribution is -2.11. The number of rotatable bonds is 5. The fraction of sp³-hybridized carbons (Fsp3) is 0.250. The van der Waals surface area contributed by atoms with Crippen molar-refractivity contribution >= 4 is 22.4 Å². The van der Waals surface area contributed by atoms with E-state index < -0.39 is 0 Å². The van der Waals surface area contributed by atoms with Gasteiger partial charge in [-0.25, -0.2) is 0 Å². The van der Waals surface area contributed by atoms with E-state index in [1.807, 2.05) is 30.3 Å². The molecule has 1 N–H and O–H groups in total. The number of fused-ring (bicyclic) bond motifs is 1. The van der Waals surface area contributed by atoms with Gasteiger partial charge in [0.15, 0.2) is 0 Å². The first-order valence-corrected chi connectivity index (χ1v) is 6.57. The zero-order valence-electron chi connectivity index (χ0n) is 11.3. The molecular weight excluding hydrogens is 252 g/mol. The van der Waals surface area contributed by atoms with Crippen molar-refractivity contribution in [3.05, 3.63) is 42.0 Å². The predicted molar refractivity (Wildman–Crippen MR) is 78.4 cm³/mol. The van der Waals surface area contributed by atoms with E-state index in [9.17, 15) is 4.79 Å². The second-order valence-corrected chi connectivity index (χ2v) is 4.30. The van der Waals surface area contributed by atoms with Crippen molar-refractivity contribution in [3.63, 3.8) is 0 Å². The van der Waals surface area contributed by atoms with Gasteiger partial charge >= 0.3 is 5.97 Å². The molecule has 0 radical (unpaired) electrons. The molecule has 2 aromatic carbocycles. The first-order chi connectivity index (χ1) is 9.76. The van der Waals surface area contributed by atoms with Gasteiger partial charge in [-0.15, -0.1) is 0 Å². The van der Waals surface area contributed by atoms with Gasteiger partial charge in [0.05, 0.1) is 24.7 Å². The Kier molecular flexibility index (Phi) is 4.56. The number of nitriles is 1. The Morgan fingerprint density at radius 1 is 1.25 bits per heavy atom. The van der Waals surface area contributed by atoms with Crippen molar-refractivity contribution in [1.82, 2.24) is 0 Å². The summed E-state index contributed by atoms with van der Waals surface area (Å²) < 4.78 is 4.88. The van der Waals surface area contributed by atoms with Gasteiger partial charge < -0.3 is 10.1 Å². The van der Waals surface area contributed by atoms with Gasteiger partial charge in [0, 0.05) is 23.0 Å². The normalized spacial score (nSPS) is 10.0. The van der Waals surface area contributed by atoms with Gasteiger partial charge in [-0.1, -0.05) is 24.3 Å². The van der Waals surface area contributed by atoms with Gasteiger partial charge in [-0.2, -0.15) is 5.26 Å². The summed E-state index contributed by atoms with van der Waals surface area (Å²) in [6.07, 6.45) is 0.322. The average Bonchev–Trinajstić information content (AvgIpc) is 2.47. The second kappa shape index (κ2) is 6.58. The molecule has 2 rings (SSSR count). The summed E-state index contributed by atoms with van der Waals surface area (Å²) in [6, 6.07) is 13.6. The summed E-state index contributed by atoms with van der Waals surface area (Å²) in [4.78, 5) is 11.3. The Bertz CT molecular complexity index is 659. The number of nitrogens with one attached hydrogen (secondary N) is 1. The van der Waals surface area contributed by atoms with Crippen LogP contribution >= 0.6 is 0 Å². The van der Waals surface area contributed by atoms with Crippen molar-refractivity contribution in [2.75, 3.05) is 18.5 Å². The number of hydrogen-bond donors (Lipinski definition) is 1. The van der Waals surface area contributed by atoms with Gasteiger partial charge in [0.1, 0.15) is 0 Å². The highest BCUT2D eigenvalue weighted by atomic mass is 16.5. The Balaban J connectivity index is 2.15. The third-order valence-electron chi connectivity index (χ3n) is 2.99. The molecule has 20 heavy (non-hydrogen) atoms. The monoisotopic (exact) mass is 268 g/mol. The minimum atomic E-state index is -0.210. The quantitative estimate of drug-likeness (QED) is 0.846. The molecule has 0 heterocycles. The summed E-state index contributed by atoms with van der Waals surface area (Å²) in [5.41, 5.74) is 1.57. The number of esters is 1. The van der Waals surface area contributed by atoms with Gasteiger partial charge in [0.2, 0.25) is 0 Å². The standard InChI is InChI=1S/C16H16N2O2/c1-2-20-16(19)9-10-18-15-8-7-12(11-17)13-5-3-4-6-14(13)15/h3-8,18H,2,9-10H2,1H3. The van der Waals surface area contributed by atoms with E-state index in [1.54, 1.807) is 13.0 Å². The molecular formula is C16H16N2O2. The van der Waals surface area contributed by atoms with E-state index in [4.69, 9.17) is 10.00 Å². The molecule has 0 amide bonds. The number of benzene rings is 2.